The molecule has 0 unspecified atom stereocenters. The van der Waals surface area contributed by atoms with Gasteiger partial charge in [0.25, 0.3) is 0 Å². The lowest BCUT2D eigenvalue weighted by atomic mass is 10.2. The molecule has 4 aromatic rings. The van der Waals surface area contributed by atoms with E-state index in [9.17, 15) is 0 Å². The van der Waals surface area contributed by atoms with Crippen molar-refractivity contribution in [3.63, 3.8) is 0 Å². The van der Waals surface area contributed by atoms with Crippen LogP contribution in [0, 0.1) is 0 Å². The van der Waals surface area contributed by atoms with Gasteiger partial charge in [0.1, 0.15) is 6.42 Å². The maximum atomic E-state index is 5.66. The van der Waals surface area contributed by atoms with Crippen LogP contribution in [-0.2, 0) is 6.42 Å². The van der Waals surface area contributed by atoms with E-state index in [0.717, 1.165) is 11.1 Å². The largest absolute Gasteiger partial charge is 0.454 e. The van der Waals surface area contributed by atoms with Gasteiger partial charge in [0.15, 0.2) is 11.5 Å². The molecule has 128 valence electrons. The molecule has 0 aliphatic carbocycles. The van der Waals surface area contributed by atoms with Crippen LogP contribution in [0.5, 0.6) is 11.5 Å². The quantitative estimate of drug-likeness (QED) is 0.555. The Labute approximate surface area is 147 Å². The van der Waals surface area contributed by atoms with Gasteiger partial charge in [0, 0.05) is 11.1 Å². The van der Waals surface area contributed by atoms with Crippen LogP contribution in [0.2, 0.25) is 0 Å². The van der Waals surface area contributed by atoms with Crippen LogP contribution < -0.4 is 9.47 Å². The van der Waals surface area contributed by atoms with E-state index in [1.165, 1.54) is 0 Å². The van der Waals surface area contributed by atoms with Crippen molar-refractivity contribution in [2.45, 2.75) is 6.42 Å². The molecule has 0 amide bonds. The van der Waals surface area contributed by atoms with Gasteiger partial charge in [-0.05, 0) is 30.3 Å². The Morgan fingerprint density at radius 3 is 2.65 bits per heavy atom. The highest BCUT2D eigenvalue weighted by atomic mass is 16.7. The van der Waals surface area contributed by atoms with E-state index in [0.29, 0.717) is 35.0 Å². The SMILES string of the molecule is c1ccc(-c2nnc(Cc3nc(-c4ccc5c(c4)OCO5)no3)o2)cc1. The van der Waals surface area contributed by atoms with E-state index in [4.69, 9.17) is 18.4 Å². The molecule has 8 nitrogen and oxygen atoms in total. The molecule has 0 radical (unpaired) electrons. The summed E-state index contributed by atoms with van der Waals surface area (Å²) in [7, 11) is 0. The topological polar surface area (TPSA) is 96.3 Å². The van der Waals surface area contributed by atoms with Gasteiger partial charge in [-0.2, -0.15) is 4.98 Å². The van der Waals surface area contributed by atoms with Crippen LogP contribution >= 0.6 is 0 Å². The lowest BCUT2D eigenvalue weighted by molar-refractivity contribution is 0.174. The average Bonchev–Trinajstić information content (AvgIpc) is 3.43. The van der Waals surface area contributed by atoms with E-state index < -0.39 is 0 Å². The Bertz CT molecular complexity index is 1060. The summed E-state index contributed by atoms with van der Waals surface area (Å²) in [4.78, 5) is 4.38. The molecule has 0 atom stereocenters. The normalized spacial score (nSPS) is 12.5. The number of fused-ring (bicyclic) bond motifs is 1. The van der Waals surface area contributed by atoms with Crippen molar-refractivity contribution in [1.82, 2.24) is 20.3 Å². The van der Waals surface area contributed by atoms with Crippen molar-refractivity contribution in [3.05, 3.63) is 60.3 Å². The molecule has 3 heterocycles. The number of hydrogen-bond acceptors (Lipinski definition) is 8. The minimum atomic E-state index is 0.219. The van der Waals surface area contributed by atoms with Gasteiger partial charge in [-0.15, -0.1) is 10.2 Å². The van der Waals surface area contributed by atoms with Gasteiger partial charge in [-0.3, -0.25) is 0 Å². The molecule has 1 aliphatic rings. The van der Waals surface area contributed by atoms with E-state index >= 15 is 0 Å². The Morgan fingerprint density at radius 1 is 0.846 bits per heavy atom. The fourth-order valence-corrected chi connectivity index (χ4v) is 2.63. The fraction of sp³-hybridized carbons (Fsp3) is 0.111. The summed E-state index contributed by atoms with van der Waals surface area (Å²) in [5.41, 5.74) is 1.64. The zero-order valence-electron chi connectivity index (χ0n) is 13.5. The average molecular weight is 348 g/mol. The first-order chi connectivity index (χ1) is 12.8. The maximum Gasteiger partial charge on any atom is 0.247 e. The number of benzene rings is 2. The number of ether oxygens (including phenoxy) is 2. The van der Waals surface area contributed by atoms with E-state index in [-0.39, 0.29) is 13.2 Å². The number of rotatable bonds is 4. The summed E-state index contributed by atoms with van der Waals surface area (Å²) in [6.07, 6.45) is 0.261. The molecule has 5 rings (SSSR count). The number of aromatic nitrogens is 4. The predicted octanol–water partition coefficient (Wildman–Crippen LogP) is 3.11. The molecule has 2 aromatic heterocycles. The molecular formula is C18H12N4O4. The van der Waals surface area contributed by atoms with Gasteiger partial charge >= 0.3 is 0 Å². The Hall–Kier alpha value is -3.68. The summed E-state index contributed by atoms with van der Waals surface area (Å²) in [5.74, 6) is 3.08. The van der Waals surface area contributed by atoms with Crippen LogP contribution in [-0.4, -0.2) is 27.1 Å². The van der Waals surface area contributed by atoms with Crippen LogP contribution in [0.25, 0.3) is 22.8 Å². The van der Waals surface area contributed by atoms with Crippen molar-refractivity contribution in [2.75, 3.05) is 6.79 Å². The summed E-state index contributed by atoms with van der Waals surface area (Å²) in [6.45, 7) is 0.219. The molecule has 0 saturated carbocycles. The maximum absolute atomic E-state index is 5.66. The van der Waals surface area contributed by atoms with Crippen molar-refractivity contribution in [1.29, 1.82) is 0 Å². The molecule has 0 N–H and O–H groups in total. The highest BCUT2D eigenvalue weighted by molar-refractivity contribution is 5.61. The molecule has 8 heteroatoms. The monoisotopic (exact) mass is 348 g/mol. The summed E-state index contributed by atoms with van der Waals surface area (Å²) in [5, 5.41) is 12.1. The smallest absolute Gasteiger partial charge is 0.247 e. The van der Waals surface area contributed by atoms with E-state index in [2.05, 4.69) is 20.3 Å². The molecule has 0 saturated heterocycles. The lowest BCUT2D eigenvalue weighted by Crippen LogP contribution is -1.92. The van der Waals surface area contributed by atoms with Crippen molar-refractivity contribution in [2.24, 2.45) is 0 Å². The second kappa shape index (κ2) is 5.99. The van der Waals surface area contributed by atoms with E-state index in [1.807, 2.05) is 48.5 Å². The lowest BCUT2D eigenvalue weighted by Gasteiger charge is -1.97. The first kappa shape index (κ1) is 14.6. The van der Waals surface area contributed by atoms with Gasteiger partial charge in [0.2, 0.25) is 30.3 Å². The molecule has 2 aromatic carbocycles. The number of hydrogen-bond donors (Lipinski definition) is 0. The van der Waals surface area contributed by atoms with Crippen LogP contribution in [0.15, 0.2) is 57.5 Å². The highest BCUT2D eigenvalue weighted by Gasteiger charge is 2.18. The first-order valence-corrected chi connectivity index (χ1v) is 7.95. The van der Waals surface area contributed by atoms with E-state index in [1.54, 1.807) is 0 Å². The van der Waals surface area contributed by atoms with Crippen LogP contribution in [0.1, 0.15) is 11.8 Å². The highest BCUT2D eigenvalue weighted by Crippen LogP contribution is 2.35. The Balaban J connectivity index is 1.36. The number of nitrogens with zero attached hydrogens (tertiary/aromatic N) is 4. The summed E-state index contributed by atoms with van der Waals surface area (Å²) < 4.78 is 21.6. The zero-order chi connectivity index (χ0) is 17.3. The molecule has 0 fully saturated rings. The third kappa shape index (κ3) is 2.67. The molecule has 0 bridgehead atoms. The van der Waals surface area contributed by atoms with Crippen LogP contribution in [0.3, 0.4) is 0 Å². The van der Waals surface area contributed by atoms with Crippen molar-refractivity contribution < 1.29 is 18.4 Å². The second-order valence-electron chi connectivity index (χ2n) is 5.62. The Morgan fingerprint density at radius 2 is 1.73 bits per heavy atom. The molecule has 0 spiro atoms. The third-order valence-corrected chi connectivity index (χ3v) is 3.89. The predicted molar refractivity (Wildman–Crippen MR) is 88.4 cm³/mol. The summed E-state index contributed by atoms with van der Waals surface area (Å²) in [6, 6.07) is 15.0. The molecule has 1 aliphatic heterocycles. The zero-order valence-corrected chi connectivity index (χ0v) is 13.5. The van der Waals surface area contributed by atoms with Gasteiger partial charge in [-0.25, -0.2) is 0 Å². The molecule has 26 heavy (non-hydrogen) atoms. The first-order valence-electron chi connectivity index (χ1n) is 7.95. The van der Waals surface area contributed by atoms with Gasteiger partial charge in [-0.1, -0.05) is 23.4 Å². The van der Waals surface area contributed by atoms with Gasteiger partial charge < -0.3 is 18.4 Å². The van der Waals surface area contributed by atoms with Crippen molar-refractivity contribution >= 4 is 0 Å². The minimum Gasteiger partial charge on any atom is -0.454 e. The summed E-state index contributed by atoms with van der Waals surface area (Å²) >= 11 is 0. The van der Waals surface area contributed by atoms with Gasteiger partial charge in [0.05, 0.1) is 0 Å². The second-order valence-corrected chi connectivity index (χ2v) is 5.62. The third-order valence-electron chi connectivity index (χ3n) is 3.89. The standard InChI is InChI=1S/C18H12N4O4/c1-2-4-11(5-3-1)18-21-20-16(25-18)9-15-19-17(22-26-15)12-6-7-13-14(8-12)24-10-23-13/h1-8H,9-10H2. The van der Waals surface area contributed by atoms with Crippen molar-refractivity contribution in [3.8, 4) is 34.3 Å². The molecular weight excluding hydrogens is 336 g/mol. The fourth-order valence-electron chi connectivity index (χ4n) is 2.63. The van der Waals surface area contributed by atoms with Crippen LogP contribution in [0.4, 0.5) is 0 Å². The Kier molecular flexibility index (Phi) is 3.38. The minimum absolute atomic E-state index is 0.219.